The molecule has 1 N–H and O–H groups in total. The first-order valence-corrected chi connectivity index (χ1v) is 10.7. The molecule has 0 saturated heterocycles. The molecule has 1 aromatic rings. The summed E-state index contributed by atoms with van der Waals surface area (Å²) in [5.74, 6) is -0.945. The Bertz CT molecular complexity index is 845. The zero-order chi connectivity index (χ0) is 22.3. The number of benzene rings is 1. The first-order chi connectivity index (χ1) is 13.9. The Kier molecular flexibility index (Phi) is 6.35. The van der Waals surface area contributed by atoms with Crippen molar-refractivity contribution in [3.63, 3.8) is 0 Å². The van der Waals surface area contributed by atoms with Gasteiger partial charge in [-0.3, -0.25) is 0 Å². The summed E-state index contributed by atoms with van der Waals surface area (Å²) in [5.41, 5.74) is -0.408. The highest BCUT2D eigenvalue weighted by molar-refractivity contribution is 6.38. The maximum atomic E-state index is 12.0. The van der Waals surface area contributed by atoms with E-state index in [9.17, 15) is 9.59 Å². The topological polar surface area (TPSA) is 83.1 Å². The minimum Gasteiger partial charge on any atom is -0.465 e. The zero-order valence-corrected chi connectivity index (χ0v) is 19.3. The van der Waals surface area contributed by atoms with Gasteiger partial charge >= 0.3 is 12.1 Å². The highest BCUT2D eigenvalue weighted by Gasteiger charge is 2.48. The van der Waals surface area contributed by atoms with E-state index in [1.807, 2.05) is 27.7 Å². The summed E-state index contributed by atoms with van der Waals surface area (Å²) in [6.45, 7) is 7.33. The summed E-state index contributed by atoms with van der Waals surface area (Å²) in [6.07, 6.45) is 2.65. The van der Waals surface area contributed by atoms with Crippen LogP contribution in [0.25, 0.3) is 0 Å². The third kappa shape index (κ3) is 4.72. The van der Waals surface area contributed by atoms with Crippen LogP contribution in [-0.2, 0) is 9.47 Å². The lowest BCUT2D eigenvalue weighted by atomic mass is 9.81. The van der Waals surface area contributed by atoms with E-state index in [1.54, 1.807) is 0 Å². The van der Waals surface area contributed by atoms with E-state index in [1.165, 1.54) is 13.2 Å². The zero-order valence-electron chi connectivity index (χ0n) is 17.8. The summed E-state index contributed by atoms with van der Waals surface area (Å²) in [4.78, 5) is 24.0. The molecule has 1 aliphatic carbocycles. The largest absolute Gasteiger partial charge is 0.465 e. The van der Waals surface area contributed by atoms with Gasteiger partial charge in [0.05, 0.1) is 17.7 Å². The highest BCUT2D eigenvalue weighted by Crippen LogP contribution is 2.53. The van der Waals surface area contributed by atoms with Crippen LogP contribution >= 0.6 is 23.2 Å². The Morgan fingerprint density at radius 1 is 1.13 bits per heavy atom. The van der Waals surface area contributed by atoms with Gasteiger partial charge in [0, 0.05) is 18.9 Å². The lowest BCUT2D eigenvalue weighted by molar-refractivity contribution is -0.121. The molecular weight excluding hydrogens is 433 g/mol. The van der Waals surface area contributed by atoms with Crippen molar-refractivity contribution in [2.75, 3.05) is 7.11 Å². The number of methoxy groups -OCH3 is 1. The van der Waals surface area contributed by atoms with E-state index >= 15 is 0 Å². The quantitative estimate of drug-likeness (QED) is 0.613. The molecule has 30 heavy (non-hydrogen) atoms. The molecule has 1 amide bonds. The number of alkyl carbamates (subject to hydrolysis) is 1. The van der Waals surface area contributed by atoms with Crippen molar-refractivity contribution in [1.29, 1.82) is 0 Å². The average molecular weight is 460 g/mol. The Labute approximate surface area is 186 Å². The van der Waals surface area contributed by atoms with Gasteiger partial charge in [-0.1, -0.05) is 23.2 Å². The number of hydrogen-bond donors (Lipinski definition) is 1. The van der Waals surface area contributed by atoms with Crippen molar-refractivity contribution in [3.05, 3.63) is 21.7 Å². The maximum Gasteiger partial charge on any atom is 0.407 e. The molecule has 1 atom stereocenters. The molecule has 1 saturated carbocycles. The smallest absolute Gasteiger partial charge is 0.407 e. The third-order valence-corrected chi connectivity index (χ3v) is 5.99. The summed E-state index contributed by atoms with van der Waals surface area (Å²) < 4.78 is 22.3. The first kappa shape index (κ1) is 22.8. The number of ether oxygens (including phenoxy) is 4. The maximum absolute atomic E-state index is 12.0. The van der Waals surface area contributed by atoms with Crippen LogP contribution in [0.4, 0.5) is 4.79 Å². The molecule has 166 valence electrons. The van der Waals surface area contributed by atoms with Crippen molar-refractivity contribution in [3.8, 4) is 11.5 Å². The molecule has 7 nitrogen and oxygen atoms in total. The van der Waals surface area contributed by atoms with Gasteiger partial charge in [0.2, 0.25) is 0 Å². The van der Waals surface area contributed by atoms with Crippen LogP contribution in [0.5, 0.6) is 11.5 Å². The molecule has 0 aromatic heterocycles. The minimum atomic E-state index is -0.971. The predicted molar refractivity (Wildman–Crippen MR) is 113 cm³/mol. The van der Waals surface area contributed by atoms with E-state index < -0.39 is 23.5 Å². The lowest BCUT2D eigenvalue weighted by Gasteiger charge is -2.37. The number of carbonyl (C=O) groups is 2. The van der Waals surface area contributed by atoms with Gasteiger partial charge in [0.15, 0.2) is 11.5 Å². The number of esters is 1. The molecule has 1 heterocycles. The van der Waals surface area contributed by atoms with Gasteiger partial charge in [-0.2, -0.15) is 0 Å². The molecule has 0 spiro atoms. The summed E-state index contributed by atoms with van der Waals surface area (Å²) in [7, 11) is 1.27. The second kappa shape index (κ2) is 8.35. The fraction of sp³-hybridized carbons (Fsp3) is 0.619. The van der Waals surface area contributed by atoms with Crippen LogP contribution in [0.3, 0.4) is 0 Å². The first-order valence-electron chi connectivity index (χ1n) is 9.91. The molecular formula is C21H27Cl2NO6. The second-order valence-corrected chi connectivity index (χ2v) is 9.57. The number of rotatable bonds is 3. The Morgan fingerprint density at radius 3 is 2.30 bits per heavy atom. The highest BCUT2D eigenvalue weighted by atomic mass is 35.5. The van der Waals surface area contributed by atoms with Crippen LogP contribution in [0, 0.1) is 5.92 Å². The molecule has 0 bridgehead atoms. The van der Waals surface area contributed by atoms with E-state index in [0.29, 0.717) is 5.75 Å². The van der Waals surface area contributed by atoms with Crippen LogP contribution < -0.4 is 14.8 Å². The number of fused-ring (bicyclic) bond motifs is 1. The van der Waals surface area contributed by atoms with Crippen LogP contribution in [0.2, 0.25) is 10.0 Å². The van der Waals surface area contributed by atoms with Crippen molar-refractivity contribution < 1.29 is 28.5 Å². The van der Waals surface area contributed by atoms with Crippen molar-refractivity contribution in [2.45, 2.75) is 70.8 Å². The molecule has 1 unspecified atom stereocenters. The molecule has 1 fully saturated rings. The van der Waals surface area contributed by atoms with Gasteiger partial charge in [-0.05, 0) is 52.5 Å². The Hall–Kier alpha value is -1.86. The molecule has 1 aromatic carbocycles. The third-order valence-electron chi connectivity index (χ3n) is 5.33. The fourth-order valence-electron chi connectivity index (χ4n) is 3.86. The Balaban J connectivity index is 1.67. The Morgan fingerprint density at radius 2 is 1.73 bits per heavy atom. The molecule has 9 heteroatoms. The standard InChI is InChI=1S/C21H27Cl2NO6/c1-20(2,3)30-19(26)24-12-8-6-11(7-9-12)21(4)28-16-14(22)10-13(18(25)27-5)15(23)17(16)29-21/h10-12H,6-9H2,1-5H3,(H,24,26). The van der Waals surface area contributed by atoms with Gasteiger partial charge in [0.25, 0.3) is 5.79 Å². The van der Waals surface area contributed by atoms with E-state index in [4.69, 9.17) is 42.1 Å². The van der Waals surface area contributed by atoms with Gasteiger partial charge in [-0.15, -0.1) is 0 Å². The second-order valence-electron chi connectivity index (χ2n) is 8.78. The van der Waals surface area contributed by atoms with E-state index in [0.717, 1.165) is 25.7 Å². The van der Waals surface area contributed by atoms with Crippen molar-refractivity contribution in [1.82, 2.24) is 5.32 Å². The minimum absolute atomic E-state index is 0.0292. The number of amides is 1. The normalized spacial score (nSPS) is 25.6. The SMILES string of the molecule is COC(=O)c1cc(Cl)c2c(c1Cl)OC(C)(C1CCC(NC(=O)OC(C)(C)C)CC1)O2. The van der Waals surface area contributed by atoms with Crippen LogP contribution in [0.1, 0.15) is 63.7 Å². The molecule has 3 rings (SSSR count). The van der Waals surface area contributed by atoms with E-state index in [2.05, 4.69) is 5.32 Å². The molecule has 2 aliphatic rings. The van der Waals surface area contributed by atoms with E-state index in [-0.39, 0.29) is 33.3 Å². The summed E-state index contributed by atoms with van der Waals surface area (Å²) in [6, 6.07) is 1.45. The van der Waals surface area contributed by atoms with Crippen LogP contribution in [-0.4, -0.2) is 36.6 Å². The number of carbonyl (C=O) groups excluding carboxylic acids is 2. The van der Waals surface area contributed by atoms with Crippen LogP contribution in [0.15, 0.2) is 6.07 Å². The lowest BCUT2D eigenvalue weighted by Crippen LogP contribution is -2.48. The fourth-order valence-corrected chi connectivity index (χ4v) is 4.35. The van der Waals surface area contributed by atoms with Gasteiger partial charge in [0.1, 0.15) is 10.6 Å². The summed E-state index contributed by atoms with van der Waals surface area (Å²) >= 11 is 12.7. The van der Waals surface area contributed by atoms with Gasteiger partial charge < -0.3 is 24.3 Å². The predicted octanol–water partition coefficient (Wildman–Crippen LogP) is 5.35. The summed E-state index contributed by atoms with van der Waals surface area (Å²) in [5, 5.41) is 3.28. The number of nitrogens with one attached hydrogen (secondary N) is 1. The van der Waals surface area contributed by atoms with Crippen molar-refractivity contribution >= 4 is 35.3 Å². The molecule has 1 aliphatic heterocycles. The molecule has 0 radical (unpaired) electrons. The monoisotopic (exact) mass is 459 g/mol. The number of halogens is 2. The number of hydrogen-bond acceptors (Lipinski definition) is 6. The van der Waals surface area contributed by atoms with Crippen molar-refractivity contribution in [2.24, 2.45) is 5.92 Å². The average Bonchev–Trinajstić information content (AvgIpc) is 3.03. The van der Waals surface area contributed by atoms with Gasteiger partial charge in [-0.25, -0.2) is 9.59 Å².